The summed E-state index contributed by atoms with van der Waals surface area (Å²) >= 11 is 0. The topological polar surface area (TPSA) is 62.4 Å². The molecule has 1 amide bonds. The van der Waals surface area contributed by atoms with Crippen LogP contribution in [-0.2, 0) is 4.74 Å². The van der Waals surface area contributed by atoms with Gasteiger partial charge in [-0.3, -0.25) is 9.59 Å². The summed E-state index contributed by atoms with van der Waals surface area (Å²) in [7, 11) is 0. The van der Waals surface area contributed by atoms with Crippen LogP contribution in [0.15, 0.2) is 17.2 Å². The number of nitrogens with zero attached hydrogens (tertiary/aromatic N) is 1. The molecule has 1 aliphatic heterocycles. The van der Waals surface area contributed by atoms with Crippen molar-refractivity contribution in [3.63, 3.8) is 0 Å². The van der Waals surface area contributed by atoms with Crippen molar-refractivity contribution in [2.75, 3.05) is 26.3 Å². The third-order valence-electron chi connectivity index (χ3n) is 2.89. The summed E-state index contributed by atoms with van der Waals surface area (Å²) in [6.07, 6.45) is 2.70. The van der Waals surface area contributed by atoms with E-state index in [0.29, 0.717) is 5.56 Å². The van der Waals surface area contributed by atoms with Crippen LogP contribution in [0.25, 0.3) is 0 Å². The largest absolute Gasteiger partial charge is 0.373 e. The Kier molecular flexibility index (Phi) is 3.66. The smallest absolute Gasteiger partial charge is 0.288 e. The first-order chi connectivity index (χ1) is 8.91. The molecule has 7 heteroatoms. The lowest BCUT2D eigenvalue weighted by atomic mass is 10.1. The van der Waals surface area contributed by atoms with Gasteiger partial charge in [0.05, 0.1) is 13.2 Å². The summed E-state index contributed by atoms with van der Waals surface area (Å²) in [5.41, 5.74) is -0.210. The minimum Gasteiger partial charge on any atom is -0.373 e. The van der Waals surface area contributed by atoms with Crippen LogP contribution in [-0.4, -0.2) is 48.0 Å². The van der Waals surface area contributed by atoms with Crippen molar-refractivity contribution >= 4 is 5.91 Å². The predicted octanol–water partition coefficient (Wildman–Crippen LogP) is 0.791. The fraction of sp³-hybridized carbons (Fsp3) is 0.500. The SMILES string of the molecule is Cc1c[nH]cc(C(=O)N2CCOCC(F)(F)C2)c1=O. The number of alkyl halides is 2. The number of hydrogen-bond acceptors (Lipinski definition) is 3. The zero-order chi connectivity index (χ0) is 14.0. The third-order valence-corrected chi connectivity index (χ3v) is 2.89. The molecule has 1 saturated heterocycles. The molecule has 0 aliphatic carbocycles. The maximum atomic E-state index is 13.4. The predicted molar refractivity (Wildman–Crippen MR) is 63.5 cm³/mol. The van der Waals surface area contributed by atoms with Gasteiger partial charge in [0.15, 0.2) is 5.43 Å². The first kappa shape index (κ1) is 13.7. The monoisotopic (exact) mass is 272 g/mol. The van der Waals surface area contributed by atoms with Gasteiger partial charge in [-0.1, -0.05) is 0 Å². The quantitative estimate of drug-likeness (QED) is 0.822. The van der Waals surface area contributed by atoms with Crippen LogP contribution in [0.2, 0.25) is 0 Å². The summed E-state index contributed by atoms with van der Waals surface area (Å²) in [6, 6.07) is 0. The normalized spacial score (nSPS) is 19.0. The Morgan fingerprint density at radius 1 is 1.47 bits per heavy atom. The molecular weight excluding hydrogens is 258 g/mol. The number of carbonyl (C=O) groups excluding carboxylic acids is 1. The van der Waals surface area contributed by atoms with Gasteiger partial charge in [0.25, 0.3) is 11.8 Å². The molecule has 1 aliphatic rings. The Morgan fingerprint density at radius 2 is 2.21 bits per heavy atom. The van der Waals surface area contributed by atoms with Gasteiger partial charge in [-0.2, -0.15) is 0 Å². The van der Waals surface area contributed by atoms with Crippen LogP contribution < -0.4 is 5.43 Å². The minimum atomic E-state index is -3.09. The molecule has 5 nitrogen and oxygen atoms in total. The highest BCUT2D eigenvalue weighted by atomic mass is 19.3. The van der Waals surface area contributed by atoms with E-state index in [2.05, 4.69) is 4.98 Å². The number of halogens is 2. The number of hydrogen-bond donors (Lipinski definition) is 1. The van der Waals surface area contributed by atoms with E-state index in [4.69, 9.17) is 4.74 Å². The molecule has 0 radical (unpaired) electrons. The van der Waals surface area contributed by atoms with Crippen molar-refractivity contribution in [3.8, 4) is 0 Å². The molecule has 1 N–H and O–H groups in total. The molecule has 2 rings (SSSR count). The second kappa shape index (κ2) is 5.08. The molecular formula is C12H14F2N2O3. The number of aryl methyl sites for hydroxylation is 1. The average molecular weight is 272 g/mol. The van der Waals surface area contributed by atoms with Crippen LogP contribution in [0.1, 0.15) is 15.9 Å². The maximum Gasteiger partial charge on any atom is 0.288 e. The molecule has 0 spiro atoms. The van der Waals surface area contributed by atoms with Crippen LogP contribution >= 0.6 is 0 Å². The van der Waals surface area contributed by atoms with E-state index < -0.39 is 30.4 Å². The van der Waals surface area contributed by atoms with E-state index in [0.717, 1.165) is 4.90 Å². The van der Waals surface area contributed by atoms with E-state index in [-0.39, 0.29) is 18.7 Å². The van der Waals surface area contributed by atoms with Gasteiger partial charge >= 0.3 is 0 Å². The molecule has 0 bridgehead atoms. The number of ether oxygens (including phenoxy) is 1. The fourth-order valence-corrected chi connectivity index (χ4v) is 1.90. The van der Waals surface area contributed by atoms with Crippen molar-refractivity contribution in [1.29, 1.82) is 0 Å². The lowest BCUT2D eigenvalue weighted by Gasteiger charge is -2.22. The van der Waals surface area contributed by atoms with Gasteiger partial charge in [0.1, 0.15) is 12.2 Å². The molecule has 0 saturated carbocycles. The summed E-state index contributed by atoms with van der Waals surface area (Å²) in [6.45, 7) is 0.183. The summed E-state index contributed by atoms with van der Waals surface area (Å²) in [4.78, 5) is 27.6. The number of pyridine rings is 1. The van der Waals surface area contributed by atoms with Gasteiger partial charge in [-0.25, -0.2) is 8.78 Å². The van der Waals surface area contributed by atoms with Crippen LogP contribution in [0.4, 0.5) is 8.78 Å². The van der Waals surface area contributed by atoms with Gasteiger partial charge in [0.2, 0.25) is 0 Å². The second-order valence-corrected chi connectivity index (χ2v) is 4.52. The highest BCUT2D eigenvalue weighted by molar-refractivity contribution is 5.94. The summed E-state index contributed by atoms with van der Waals surface area (Å²) in [5, 5.41) is 0. The lowest BCUT2D eigenvalue weighted by Crippen LogP contribution is -2.42. The molecule has 1 aromatic heterocycles. The molecule has 19 heavy (non-hydrogen) atoms. The molecule has 0 unspecified atom stereocenters. The molecule has 1 aromatic rings. The Bertz CT molecular complexity index is 542. The zero-order valence-electron chi connectivity index (χ0n) is 10.4. The zero-order valence-corrected chi connectivity index (χ0v) is 10.4. The number of rotatable bonds is 1. The molecule has 0 aromatic carbocycles. The van der Waals surface area contributed by atoms with Gasteiger partial charge in [-0.15, -0.1) is 0 Å². The third kappa shape index (κ3) is 2.98. The second-order valence-electron chi connectivity index (χ2n) is 4.52. The molecule has 1 fully saturated rings. The number of aromatic amines is 1. The van der Waals surface area contributed by atoms with Crippen molar-refractivity contribution in [3.05, 3.63) is 33.7 Å². The molecule has 2 heterocycles. The van der Waals surface area contributed by atoms with Crippen LogP contribution in [0.3, 0.4) is 0 Å². The average Bonchev–Trinajstić information content (AvgIpc) is 2.53. The van der Waals surface area contributed by atoms with Gasteiger partial charge in [0, 0.05) is 24.5 Å². The van der Waals surface area contributed by atoms with Crippen LogP contribution in [0, 0.1) is 6.92 Å². The van der Waals surface area contributed by atoms with Crippen molar-refractivity contribution in [1.82, 2.24) is 9.88 Å². The highest BCUT2D eigenvalue weighted by Gasteiger charge is 2.37. The number of amides is 1. The first-order valence-electron chi connectivity index (χ1n) is 5.83. The summed E-state index contributed by atoms with van der Waals surface area (Å²) < 4.78 is 31.5. The van der Waals surface area contributed by atoms with E-state index >= 15 is 0 Å². The van der Waals surface area contributed by atoms with E-state index in [1.807, 2.05) is 0 Å². The van der Waals surface area contributed by atoms with Crippen molar-refractivity contribution in [2.24, 2.45) is 0 Å². The van der Waals surface area contributed by atoms with Gasteiger partial charge < -0.3 is 14.6 Å². The van der Waals surface area contributed by atoms with Crippen LogP contribution in [0.5, 0.6) is 0 Å². The van der Waals surface area contributed by atoms with Gasteiger partial charge in [-0.05, 0) is 6.92 Å². The molecule has 0 atom stereocenters. The number of aromatic nitrogens is 1. The Hall–Kier alpha value is -1.76. The standard InChI is InChI=1S/C12H14F2N2O3/c1-8-4-15-5-9(10(8)17)11(18)16-2-3-19-7-12(13,14)6-16/h4-5H,2-3,6-7H2,1H3,(H,15,17). The number of carbonyl (C=O) groups is 1. The Labute approximate surface area is 108 Å². The van der Waals surface area contributed by atoms with E-state index in [1.165, 1.54) is 12.4 Å². The van der Waals surface area contributed by atoms with E-state index in [9.17, 15) is 18.4 Å². The summed E-state index contributed by atoms with van der Waals surface area (Å²) in [5.74, 6) is -3.79. The molecule has 104 valence electrons. The fourth-order valence-electron chi connectivity index (χ4n) is 1.90. The minimum absolute atomic E-state index is 0.0328. The highest BCUT2D eigenvalue weighted by Crippen LogP contribution is 2.19. The van der Waals surface area contributed by atoms with Crippen molar-refractivity contribution < 1.29 is 18.3 Å². The Morgan fingerprint density at radius 3 is 2.95 bits per heavy atom. The number of nitrogens with one attached hydrogen (secondary N) is 1. The van der Waals surface area contributed by atoms with Crippen molar-refractivity contribution in [2.45, 2.75) is 12.8 Å². The Balaban J connectivity index is 2.28. The first-order valence-corrected chi connectivity index (χ1v) is 5.83. The number of H-pyrrole nitrogens is 1. The van der Waals surface area contributed by atoms with E-state index in [1.54, 1.807) is 6.92 Å². The maximum absolute atomic E-state index is 13.4. The lowest BCUT2D eigenvalue weighted by molar-refractivity contribution is -0.0660.